The van der Waals surface area contributed by atoms with Gasteiger partial charge in [0.25, 0.3) is 0 Å². The minimum Gasteiger partial charge on any atom is -0.481 e. The van der Waals surface area contributed by atoms with E-state index in [9.17, 15) is 27.9 Å². The Morgan fingerprint density at radius 3 is 1.95 bits per heavy atom. The zero-order chi connectivity index (χ0) is 31.9. The van der Waals surface area contributed by atoms with Crippen LogP contribution in [0.5, 0.6) is 0 Å². The lowest BCUT2D eigenvalue weighted by Crippen LogP contribution is -2.51. The largest absolute Gasteiger partial charge is 0.490 e. The number of rotatable bonds is 8. The minimum atomic E-state index is -5.08. The van der Waals surface area contributed by atoms with Crippen LogP contribution in [0.2, 0.25) is 0 Å². The number of hydrogen-bond donors (Lipinski definition) is 3. The maximum absolute atomic E-state index is 13.7. The molecular formula is C34H43F3N2O5. The number of benzene rings is 2. The van der Waals surface area contributed by atoms with Crippen molar-refractivity contribution in [2.45, 2.75) is 101 Å². The fourth-order valence-corrected chi connectivity index (χ4v) is 6.97. The summed E-state index contributed by atoms with van der Waals surface area (Å²) in [6.45, 7) is 4.70. The molecule has 3 N–H and O–H groups in total. The number of likely N-dealkylation sites (tertiary alicyclic amines) is 1. The highest BCUT2D eigenvalue weighted by Crippen LogP contribution is 2.42. The second-order valence-electron chi connectivity index (χ2n) is 12.5. The highest BCUT2D eigenvalue weighted by molar-refractivity contribution is 5.89. The average molecular weight is 617 g/mol. The number of halogens is 3. The van der Waals surface area contributed by atoms with Crippen molar-refractivity contribution >= 4 is 17.8 Å². The van der Waals surface area contributed by atoms with Gasteiger partial charge in [0.1, 0.15) is 0 Å². The fourth-order valence-electron chi connectivity index (χ4n) is 6.97. The molecule has 0 radical (unpaired) electrons. The number of alkyl halides is 3. The third kappa shape index (κ3) is 8.20. The van der Waals surface area contributed by atoms with E-state index in [0.717, 1.165) is 69.0 Å². The monoisotopic (exact) mass is 616 g/mol. The van der Waals surface area contributed by atoms with Gasteiger partial charge in [-0.3, -0.25) is 9.59 Å². The van der Waals surface area contributed by atoms with Crippen LogP contribution in [0.3, 0.4) is 0 Å². The van der Waals surface area contributed by atoms with Crippen LogP contribution in [0.15, 0.2) is 48.5 Å². The molecule has 1 aliphatic heterocycles. The van der Waals surface area contributed by atoms with E-state index < -0.39 is 29.4 Å². The van der Waals surface area contributed by atoms with Crippen molar-refractivity contribution in [2.75, 3.05) is 13.1 Å². The molecule has 44 heavy (non-hydrogen) atoms. The summed E-state index contributed by atoms with van der Waals surface area (Å²) in [5.41, 5.74) is 4.25. The zero-order valence-electron chi connectivity index (χ0n) is 25.2. The van der Waals surface area contributed by atoms with Crippen molar-refractivity contribution in [1.29, 1.82) is 0 Å². The molecule has 0 bridgehead atoms. The van der Waals surface area contributed by atoms with Gasteiger partial charge in [0.15, 0.2) is 0 Å². The fraction of sp³-hybridized carbons (Fsp3) is 0.559. The lowest BCUT2D eigenvalue weighted by Gasteiger charge is -2.34. The molecule has 2 aromatic rings. The number of carbonyl (C=O) groups is 3. The van der Waals surface area contributed by atoms with Crippen molar-refractivity contribution in [3.8, 4) is 11.1 Å². The van der Waals surface area contributed by atoms with E-state index in [1.54, 1.807) is 0 Å². The summed E-state index contributed by atoms with van der Waals surface area (Å²) in [6.07, 6.45) is 5.67. The number of amides is 1. The minimum absolute atomic E-state index is 0.0209. The van der Waals surface area contributed by atoms with Gasteiger partial charge in [-0.05, 0) is 80.7 Å². The molecule has 240 valence electrons. The molecule has 1 saturated heterocycles. The molecule has 2 aliphatic carbocycles. The Kier molecular flexibility index (Phi) is 11.1. The molecule has 2 unspecified atom stereocenters. The van der Waals surface area contributed by atoms with Crippen molar-refractivity contribution < 1.29 is 37.8 Å². The first-order valence-electron chi connectivity index (χ1n) is 15.7. The molecule has 10 heteroatoms. The van der Waals surface area contributed by atoms with Crippen molar-refractivity contribution in [1.82, 2.24) is 10.2 Å². The van der Waals surface area contributed by atoms with E-state index in [1.165, 1.54) is 30.5 Å². The van der Waals surface area contributed by atoms with Gasteiger partial charge in [0.05, 0.1) is 11.3 Å². The Morgan fingerprint density at radius 1 is 0.864 bits per heavy atom. The summed E-state index contributed by atoms with van der Waals surface area (Å²) in [5.74, 6) is -3.99. The summed E-state index contributed by atoms with van der Waals surface area (Å²) in [4.78, 5) is 36.9. The Morgan fingerprint density at radius 2 is 1.43 bits per heavy atom. The maximum atomic E-state index is 13.7. The van der Waals surface area contributed by atoms with Gasteiger partial charge < -0.3 is 20.4 Å². The Balaban J connectivity index is 0.000000566. The van der Waals surface area contributed by atoms with Gasteiger partial charge in [0, 0.05) is 18.6 Å². The van der Waals surface area contributed by atoms with E-state index in [0.29, 0.717) is 12.5 Å². The molecule has 0 aromatic heterocycles. The van der Waals surface area contributed by atoms with Gasteiger partial charge in [-0.1, -0.05) is 74.2 Å². The number of carbonyl (C=O) groups excluding carboxylic acids is 1. The van der Waals surface area contributed by atoms with Crippen LogP contribution in [0.25, 0.3) is 11.1 Å². The van der Waals surface area contributed by atoms with Gasteiger partial charge >= 0.3 is 18.1 Å². The predicted molar refractivity (Wildman–Crippen MR) is 161 cm³/mol. The summed E-state index contributed by atoms with van der Waals surface area (Å²) in [6, 6.07) is 17.9. The molecule has 2 saturated carbocycles. The molecule has 1 heterocycles. The zero-order valence-corrected chi connectivity index (χ0v) is 25.2. The molecule has 0 spiro atoms. The molecule has 1 amide bonds. The summed E-state index contributed by atoms with van der Waals surface area (Å²) in [7, 11) is 0. The molecule has 7 nitrogen and oxygen atoms in total. The summed E-state index contributed by atoms with van der Waals surface area (Å²) < 4.78 is 31.7. The maximum Gasteiger partial charge on any atom is 0.490 e. The third-order valence-corrected chi connectivity index (χ3v) is 9.64. The van der Waals surface area contributed by atoms with Crippen LogP contribution >= 0.6 is 0 Å². The normalized spacial score (nSPS) is 23.4. The predicted octanol–water partition coefficient (Wildman–Crippen LogP) is 6.59. The van der Waals surface area contributed by atoms with Crippen LogP contribution in [0, 0.1) is 5.92 Å². The highest BCUT2D eigenvalue weighted by Gasteiger charge is 2.44. The molecule has 5 rings (SSSR count). The van der Waals surface area contributed by atoms with E-state index in [-0.39, 0.29) is 11.9 Å². The second kappa shape index (κ2) is 14.6. The molecule has 3 aliphatic rings. The van der Waals surface area contributed by atoms with E-state index >= 15 is 0 Å². The smallest absolute Gasteiger partial charge is 0.481 e. The lowest BCUT2D eigenvalue weighted by molar-refractivity contribution is -0.192. The Labute approximate surface area is 256 Å². The molecule has 2 aromatic carbocycles. The second-order valence-corrected chi connectivity index (χ2v) is 12.5. The third-order valence-electron chi connectivity index (χ3n) is 9.64. The number of aliphatic carboxylic acids is 2. The Bertz CT molecular complexity index is 1270. The first-order valence-corrected chi connectivity index (χ1v) is 15.7. The van der Waals surface area contributed by atoms with E-state index in [1.807, 2.05) is 0 Å². The van der Waals surface area contributed by atoms with Crippen molar-refractivity contribution in [3.63, 3.8) is 0 Å². The SMILES string of the molecule is C[C@@H]1CCCN1CCc1ccc(-c2ccc(C3(C(=O)NC4CCCCC4C(=O)O)CCCC3)cc2)cc1.O=C(O)C(F)(F)F. The van der Waals surface area contributed by atoms with E-state index in [2.05, 4.69) is 65.7 Å². The van der Waals surface area contributed by atoms with Crippen LogP contribution in [-0.4, -0.2) is 64.3 Å². The lowest BCUT2D eigenvalue weighted by atomic mass is 9.76. The van der Waals surface area contributed by atoms with Gasteiger partial charge in [-0.25, -0.2) is 4.79 Å². The van der Waals surface area contributed by atoms with Gasteiger partial charge in [-0.2, -0.15) is 13.2 Å². The quantitative estimate of drug-likeness (QED) is 0.309. The summed E-state index contributed by atoms with van der Waals surface area (Å²) >= 11 is 0. The van der Waals surface area contributed by atoms with Crippen LogP contribution < -0.4 is 5.32 Å². The van der Waals surface area contributed by atoms with Gasteiger partial charge in [0.2, 0.25) is 5.91 Å². The topological polar surface area (TPSA) is 107 Å². The standard InChI is InChI=1S/C32H42N2O3.C2HF3O2/c1-23-7-6-21-34(23)22-18-24-10-12-25(13-11-24)26-14-16-27(17-15-26)32(19-4-5-20-32)31(37)33-29-9-3-2-8-28(29)30(35)36;3-2(4,5)1(6)7/h10-17,23,28-29H,2-9,18-22H2,1H3,(H,33,37)(H,35,36);(H,6,7)/t23-,28?,29?;/m1./s1. The first-order chi connectivity index (χ1) is 20.9. The van der Waals surface area contributed by atoms with Crippen LogP contribution in [-0.2, 0) is 26.2 Å². The van der Waals surface area contributed by atoms with Gasteiger partial charge in [-0.15, -0.1) is 0 Å². The van der Waals surface area contributed by atoms with Crippen molar-refractivity contribution in [2.24, 2.45) is 5.92 Å². The molecular weight excluding hydrogens is 573 g/mol. The number of carboxylic acids is 2. The first kappa shape index (κ1) is 33.5. The van der Waals surface area contributed by atoms with Crippen LogP contribution in [0.4, 0.5) is 13.2 Å². The van der Waals surface area contributed by atoms with E-state index in [4.69, 9.17) is 9.90 Å². The average Bonchev–Trinajstić information content (AvgIpc) is 3.66. The highest BCUT2D eigenvalue weighted by atomic mass is 19.4. The van der Waals surface area contributed by atoms with Crippen molar-refractivity contribution in [3.05, 3.63) is 59.7 Å². The number of nitrogens with one attached hydrogen (secondary N) is 1. The molecule has 3 fully saturated rings. The molecule has 3 atom stereocenters. The van der Waals surface area contributed by atoms with Crippen LogP contribution in [0.1, 0.15) is 82.3 Å². The Hall–Kier alpha value is -3.40. The number of nitrogens with zero attached hydrogens (tertiary/aromatic N) is 1. The summed E-state index contributed by atoms with van der Waals surface area (Å²) in [5, 5.41) is 20.0. The number of hydrogen-bond acceptors (Lipinski definition) is 4. The number of carboxylic acid groups (broad SMARTS) is 2.